The van der Waals surface area contributed by atoms with Crippen LogP contribution in [0.4, 0.5) is 0 Å². The van der Waals surface area contributed by atoms with Gasteiger partial charge >= 0.3 is 8.80 Å². The van der Waals surface area contributed by atoms with Crippen molar-refractivity contribution in [3.63, 3.8) is 0 Å². The lowest BCUT2D eigenvalue weighted by molar-refractivity contribution is 0.295. The van der Waals surface area contributed by atoms with Gasteiger partial charge < -0.3 is 12.3 Å². The van der Waals surface area contributed by atoms with Gasteiger partial charge in [0.25, 0.3) is 0 Å². The molecule has 0 saturated carbocycles. The molecule has 0 aliphatic rings. The van der Waals surface area contributed by atoms with Crippen LogP contribution in [0.3, 0.4) is 0 Å². The molecule has 0 aromatic heterocycles. The molecule has 0 aromatic carbocycles. The zero-order chi connectivity index (χ0) is 8.74. The predicted octanol–water partition coefficient (Wildman–Crippen LogP) is 0.547. The first-order chi connectivity index (χ1) is 5.24. The molecule has 8 heteroatoms. The minimum Gasteiger partial charge on any atom is -0.425 e. The third-order valence-electron chi connectivity index (χ3n) is 1.48. The van der Waals surface area contributed by atoms with Crippen molar-refractivity contribution in [2.75, 3.05) is 0 Å². The molecule has 0 aliphatic carbocycles. The van der Waals surface area contributed by atoms with Gasteiger partial charge in [-0.05, 0) is 0 Å². The first kappa shape index (κ1) is 43.4. The van der Waals surface area contributed by atoms with Gasteiger partial charge in [0.05, 0.1) is 6.07 Å². The summed E-state index contributed by atoms with van der Waals surface area (Å²) in [6.07, 6.45) is 0.471. The Morgan fingerprint density at radius 1 is 0.824 bits per heavy atom. The van der Waals surface area contributed by atoms with Gasteiger partial charge in [-0.1, -0.05) is 44.6 Å². The second-order valence-electron chi connectivity index (χ2n) is 1.95. The van der Waals surface area contributed by atoms with E-state index in [1.54, 1.807) is 0 Å². The summed E-state index contributed by atoms with van der Waals surface area (Å²) in [6, 6.07) is 2.72. The predicted molar refractivity (Wildman–Crippen MR) is 94.2 cm³/mol. The van der Waals surface area contributed by atoms with E-state index in [9.17, 15) is 0 Å². The lowest BCUT2D eigenvalue weighted by Crippen LogP contribution is -2.43. The quantitative estimate of drug-likeness (QED) is 0.694. The van der Waals surface area contributed by atoms with Crippen LogP contribution in [0.5, 0.6) is 0 Å². The van der Waals surface area contributed by atoms with Gasteiger partial charge in [-0.2, -0.15) is 5.26 Å². The smallest absolute Gasteiger partial charge is 0.425 e. The van der Waals surface area contributed by atoms with E-state index in [4.69, 9.17) is 17.6 Å². The number of rotatable bonds is 5. The highest BCUT2D eigenvalue weighted by molar-refractivity contribution is 6.69. The molecule has 0 rings (SSSR count). The molecule has 0 heterocycles. The topological polar surface area (TPSA) is 51.5 Å². The van der Waals surface area contributed by atoms with E-state index in [1.165, 1.54) is 0 Å². The van der Waals surface area contributed by atoms with Crippen molar-refractivity contribution in [1.82, 2.24) is 0 Å². The second-order valence-corrected chi connectivity index (χ2v) is 8.72. The summed E-state index contributed by atoms with van der Waals surface area (Å²) in [4.78, 5) is 0. The molecule has 0 aliphatic heterocycles. The Morgan fingerprint density at radius 3 is 1.29 bits per heavy atom. The Bertz CT molecular complexity index is 143. The summed E-state index contributed by atoms with van der Waals surface area (Å²) in [5.41, 5.74) is 0. The summed E-state index contributed by atoms with van der Waals surface area (Å²) in [5, 5.41) is 8.36. The van der Waals surface area contributed by atoms with Gasteiger partial charge in [-0.15, -0.1) is 0 Å². The lowest BCUT2D eigenvalue weighted by atomic mass is 10.6. The second kappa shape index (κ2) is 25.2. The Hall–Kier alpha value is 0.238. The third kappa shape index (κ3) is 16.2. The van der Waals surface area contributed by atoms with Crippen LogP contribution in [-0.4, -0.2) is 40.3 Å². The maximum absolute atomic E-state index is 8.36. The van der Waals surface area contributed by atoms with Crippen molar-refractivity contribution in [1.29, 1.82) is 5.26 Å². The summed E-state index contributed by atoms with van der Waals surface area (Å²) in [6.45, 7) is 0. The Balaban J connectivity index is -0.0000000333. The van der Waals surface area contributed by atoms with Crippen molar-refractivity contribution in [3.05, 3.63) is 0 Å². The highest BCUT2D eigenvalue weighted by Crippen LogP contribution is 2.12. The largest absolute Gasteiger partial charge is 0.468 e. The summed E-state index contributed by atoms with van der Waals surface area (Å²) in [7, 11) is -0.389. The summed E-state index contributed by atoms with van der Waals surface area (Å²) < 4.78 is 15.9. The molecule has 0 spiro atoms. The third-order valence-corrected chi connectivity index (χ3v) is 9.80. The molecule has 17 heavy (non-hydrogen) atoms. The Labute approximate surface area is 121 Å². The van der Waals surface area contributed by atoms with E-state index in [0.717, 1.165) is 0 Å². The Morgan fingerprint density at radius 2 is 1.12 bits per heavy atom. The molecule has 4 nitrogen and oxygen atoms in total. The molecule has 0 aromatic rings. The van der Waals surface area contributed by atoms with E-state index >= 15 is 0 Å². The van der Waals surface area contributed by atoms with E-state index in [0.29, 0.717) is 43.9 Å². The average molecular weight is 320 g/mol. The van der Waals surface area contributed by atoms with Gasteiger partial charge in [0.2, 0.25) is 0 Å². The number of nitriles is 1. The molecular weight excluding hydrogens is 282 g/mol. The van der Waals surface area contributed by atoms with Crippen LogP contribution < -0.4 is 0 Å². The van der Waals surface area contributed by atoms with Crippen molar-refractivity contribution in [2.24, 2.45) is 0 Å². The van der Waals surface area contributed by atoms with E-state index in [2.05, 4.69) is 6.07 Å². The molecule has 0 N–H and O–H groups in total. The number of nitrogens with zero attached hydrogens (tertiary/aromatic N) is 1. The lowest BCUT2D eigenvalue weighted by Gasteiger charge is -2.25. The normalized spacial score (nSPS) is 10.5. The van der Waals surface area contributed by atoms with Crippen LogP contribution in [0.15, 0.2) is 0 Å². The fourth-order valence-electron chi connectivity index (χ4n) is 0.765. The van der Waals surface area contributed by atoms with Crippen LogP contribution in [0.1, 0.15) is 51.0 Å². The van der Waals surface area contributed by atoms with E-state index in [1.807, 2.05) is 0 Å². The van der Waals surface area contributed by atoms with Crippen LogP contribution in [-0.2, 0) is 12.3 Å². The first-order valence-electron chi connectivity index (χ1n) is 3.27. The molecule has 0 bridgehead atoms. The van der Waals surface area contributed by atoms with Crippen molar-refractivity contribution >= 4 is 40.3 Å². The standard InChI is InChI=1S/C3H13NO3Si4.6CH4/c4-2-1-3-11(5-8,6-9)7-10;;;;;;/h1,3H2,8-10H3;6*1H4. The molecular formula is C9H37NO3Si4. The summed E-state index contributed by atoms with van der Waals surface area (Å²) >= 11 is 0. The minimum atomic E-state index is -2.28. The average Bonchev–Trinajstić information content (AvgIpc) is 2.08. The highest BCUT2D eigenvalue weighted by atomic mass is 28.5. The van der Waals surface area contributed by atoms with Gasteiger partial charge in [0, 0.05) is 12.5 Å². The highest BCUT2D eigenvalue weighted by Gasteiger charge is 2.34. The Kier molecular flexibility index (Phi) is 64.2. The first-order valence-corrected chi connectivity index (χ1v) is 7.65. The zero-order valence-corrected chi connectivity index (χ0v) is 14.1. The van der Waals surface area contributed by atoms with E-state index < -0.39 is 8.80 Å². The SMILES string of the molecule is C.C.C.C.C.C.N#CCC[Si](O[SiH3])(O[SiH3])O[SiH3]. The molecule has 0 amide bonds. The fraction of sp³-hybridized carbons (Fsp3) is 0.889. The van der Waals surface area contributed by atoms with Crippen molar-refractivity contribution in [2.45, 2.75) is 57.0 Å². The van der Waals surface area contributed by atoms with Crippen LogP contribution in [0.25, 0.3) is 0 Å². The molecule has 0 saturated heterocycles. The molecule has 112 valence electrons. The molecule has 0 fully saturated rings. The minimum absolute atomic E-state index is 0. The number of hydrogen-bond donors (Lipinski definition) is 0. The van der Waals surface area contributed by atoms with Gasteiger partial charge in [0.15, 0.2) is 0 Å². The fourth-order valence-corrected chi connectivity index (χ4v) is 10.1. The van der Waals surface area contributed by atoms with Crippen molar-refractivity contribution in [3.8, 4) is 6.07 Å². The maximum atomic E-state index is 8.36. The van der Waals surface area contributed by atoms with Gasteiger partial charge in [0.1, 0.15) is 31.5 Å². The zero-order valence-electron chi connectivity index (χ0n) is 7.09. The van der Waals surface area contributed by atoms with E-state index in [-0.39, 0.29) is 44.6 Å². The monoisotopic (exact) mass is 319 g/mol. The molecule has 0 atom stereocenters. The maximum Gasteiger partial charge on any atom is 0.468 e. The molecule has 0 unspecified atom stereocenters. The summed E-state index contributed by atoms with van der Waals surface area (Å²) in [5.74, 6) is 0. The van der Waals surface area contributed by atoms with Gasteiger partial charge in [-0.25, -0.2) is 0 Å². The van der Waals surface area contributed by atoms with Crippen molar-refractivity contribution < 1.29 is 12.3 Å². The van der Waals surface area contributed by atoms with Crippen LogP contribution >= 0.6 is 0 Å². The van der Waals surface area contributed by atoms with Crippen LogP contribution in [0, 0.1) is 11.3 Å². The van der Waals surface area contributed by atoms with Gasteiger partial charge in [-0.3, -0.25) is 0 Å². The molecule has 0 radical (unpaired) electrons. The van der Waals surface area contributed by atoms with Crippen LogP contribution in [0.2, 0.25) is 6.04 Å². The number of hydrogen-bond acceptors (Lipinski definition) is 4.